The van der Waals surface area contributed by atoms with Gasteiger partial charge in [0.25, 0.3) is 5.91 Å². The van der Waals surface area contributed by atoms with E-state index in [4.69, 9.17) is 32.7 Å². The highest BCUT2D eigenvalue weighted by Gasteiger charge is 2.19. The third-order valence-electron chi connectivity index (χ3n) is 3.55. The lowest BCUT2D eigenvalue weighted by molar-refractivity contribution is -0.112. The molecule has 152 valence electrons. The van der Waals surface area contributed by atoms with Gasteiger partial charge < -0.3 is 19.5 Å². The van der Waals surface area contributed by atoms with Crippen LogP contribution >= 0.6 is 23.2 Å². The van der Waals surface area contributed by atoms with Crippen molar-refractivity contribution in [3.63, 3.8) is 0 Å². The van der Waals surface area contributed by atoms with Crippen LogP contribution in [0.15, 0.2) is 35.9 Å². The molecule has 29 heavy (non-hydrogen) atoms. The zero-order valence-electron chi connectivity index (χ0n) is 15.1. The van der Waals surface area contributed by atoms with E-state index in [1.54, 1.807) is 6.07 Å². The number of carbonyl (C=O) groups is 1. The number of anilines is 1. The van der Waals surface area contributed by atoms with E-state index in [1.807, 2.05) is 0 Å². The van der Waals surface area contributed by atoms with E-state index in [1.165, 1.54) is 50.6 Å². The molecule has 2 rings (SSSR count). The van der Waals surface area contributed by atoms with Crippen LogP contribution in [0.5, 0.6) is 17.2 Å². The second-order valence-electron chi connectivity index (χ2n) is 5.38. The molecule has 0 fully saturated rings. The van der Waals surface area contributed by atoms with Gasteiger partial charge in [0, 0.05) is 5.02 Å². The Hall–Kier alpha value is -3.02. The standard InChI is InChI=1S/C19H14Cl2F2N2O4/c1-27-15-6-10(7-16(28-2)17(15)29-19(22)23)5-11(9-24)18(26)25-14-4-3-12(20)8-13(14)21/h3-8,19H,1-2H3,(H,25,26)/b11-5+. The lowest BCUT2D eigenvalue weighted by Gasteiger charge is -2.14. The molecule has 0 bridgehead atoms. The summed E-state index contributed by atoms with van der Waals surface area (Å²) in [4.78, 5) is 12.4. The molecule has 0 spiro atoms. The van der Waals surface area contributed by atoms with Crippen molar-refractivity contribution in [1.82, 2.24) is 0 Å². The van der Waals surface area contributed by atoms with Crippen LogP contribution in [0.2, 0.25) is 10.0 Å². The van der Waals surface area contributed by atoms with Gasteiger partial charge in [-0.05, 0) is 42.0 Å². The van der Waals surface area contributed by atoms with Crippen LogP contribution in [0.1, 0.15) is 5.56 Å². The molecule has 0 aliphatic rings. The molecule has 0 aliphatic heterocycles. The maximum Gasteiger partial charge on any atom is 0.387 e. The van der Waals surface area contributed by atoms with E-state index in [-0.39, 0.29) is 39.1 Å². The Balaban J connectivity index is 2.39. The monoisotopic (exact) mass is 442 g/mol. The number of nitriles is 1. The minimum Gasteiger partial charge on any atom is -0.493 e. The van der Waals surface area contributed by atoms with Crippen molar-refractivity contribution in [2.75, 3.05) is 19.5 Å². The molecule has 0 saturated heterocycles. The number of nitrogens with zero attached hydrogens (tertiary/aromatic N) is 1. The Morgan fingerprint density at radius 1 is 1.17 bits per heavy atom. The molecular formula is C19H14Cl2F2N2O4. The number of halogens is 4. The Labute approximate surface area is 175 Å². The summed E-state index contributed by atoms with van der Waals surface area (Å²) >= 11 is 11.8. The molecule has 0 saturated carbocycles. The van der Waals surface area contributed by atoms with Gasteiger partial charge in [-0.3, -0.25) is 4.79 Å². The van der Waals surface area contributed by atoms with Crippen molar-refractivity contribution in [3.05, 3.63) is 51.5 Å². The molecule has 0 radical (unpaired) electrons. The smallest absolute Gasteiger partial charge is 0.387 e. The number of carbonyl (C=O) groups excluding carboxylic acids is 1. The van der Waals surface area contributed by atoms with E-state index in [9.17, 15) is 18.8 Å². The second-order valence-corrected chi connectivity index (χ2v) is 6.22. The topological polar surface area (TPSA) is 80.6 Å². The number of rotatable bonds is 7. The molecule has 0 aromatic heterocycles. The first-order valence-electron chi connectivity index (χ1n) is 7.88. The number of hydrogen-bond acceptors (Lipinski definition) is 5. The van der Waals surface area contributed by atoms with Crippen LogP contribution in [0.4, 0.5) is 14.5 Å². The minimum absolute atomic E-state index is 0.0608. The highest BCUT2D eigenvalue weighted by atomic mass is 35.5. The maximum atomic E-state index is 12.6. The molecule has 10 heteroatoms. The van der Waals surface area contributed by atoms with Crippen LogP contribution in [0, 0.1) is 11.3 Å². The average Bonchev–Trinajstić information content (AvgIpc) is 2.68. The SMILES string of the molecule is COc1cc(/C=C(\C#N)C(=O)Nc2ccc(Cl)cc2Cl)cc(OC)c1OC(F)F. The number of ether oxygens (including phenoxy) is 3. The zero-order valence-corrected chi connectivity index (χ0v) is 16.6. The first-order chi connectivity index (χ1) is 13.8. The van der Waals surface area contributed by atoms with Crippen molar-refractivity contribution in [2.24, 2.45) is 0 Å². The lowest BCUT2D eigenvalue weighted by Crippen LogP contribution is -2.13. The summed E-state index contributed by atoms with van der Waals surface area (Å²) in [6, 6.07) is 8.86. The van der Waals surface area contributed by atoms with Gasteiger partial charge in [0.15, 0.2) is 11.5 Å². The van der Waals surface area contributed by atoms with Crippen molar-refractivity contribution < 1.29 is 27.8 Å². The molecule has 2 aromatic rings. The predicted octanol–water partition coefficient (Wildman–Crippen LogP) is 5.16. The van der Waals surface area contributed by atoms with Gasteiger partial charge in [-0.2, -0.15) is 14.0 Å². The number of methoxy groups -OCH3 is 2. The van der Waals surface area contributed by atoms with Crippen LogP contribution in [-0.4, -0.2) is 26.7 Å². The zero-order chi connectivity index (χ0) is 21.6. The van der Waals surface area contributed by atoms with Crippen molar-refractivity contribution in [1.29, 1.82) is 5.26 Å². The fourth-order valence-electron chi connectivity index (χ4n) is 2.28. The third-order valence-corrected chi connectivity index (χ3v) is 4.09. The summed E-state index contributed by atoms with van der Waals surface area (Å²) in [5.74, 6) is -1.16. The van der Waals surface area contributed by atoms with Crippen molar-refractivity contribution >= 4 is 40.9 Å². The summed E-state index contributed by atoms with van der Waals surface area (Å²) in [6.07, 6.45) is 1.23. The molecule has 0 aliphatic carbocycles. The lowest BCUT2D eigenvalue weighted by atomic mass is 10.1. The molecular weight excluding hydrogens is 429 g/mol. The molecule has 6 nitrogen and oxygen atoms in total. The average molecular weight is 443 g/mol. The van der Waals surface area contributed by atoms with E-state index in [0.29, 0.717) is 5.02 Å². The van der Waals surface area contributed by atoms with E-state index >= 15 is 0 Å². The van der Waals surface area contributed by atoms with Crippen molar-refractivity contribution in [3.8, 4) is 23.3 Å². The van der Waals surface area contributed by atoms with Gasteiger partial charge in [-0.1, -0.05) is 23.2 Å². The molecule has 0 heterocycles. The van der Waals surface area contributed by atoms with E-state index < -0.39 is 12.5 Å². The van der Waals surface area contributed by atoms with Gasteiger partial charge >= 0.3 is 6.61 Å². The second kappa shape index (κ2) is 9.96. The number of alkyl halides is 2. The molecule has 0 unspecified atom stereocenters. The number of hydrogen-bond donors (Lipinski definition) is 1. The largest absolute Gasteiger partial charge is 0.493 e. The highest BCUT2D eigenvalue weighted by molar-refractivity contribution is 6.36. The summed E-state index contributed by atoms with van der Waals surface area (Å²) in [5, 5.41) is 12.4. The maximum absolute atomic E-state index is 12.6. The Morgan fingerprint density at radius 3 is 2.28 bits per heavy atom. The summed E-state index contributed by atoms with van der Waals surface area (Å²) in [6.45, 7) is -3.09. The summed E-state index contributed by atoms with van der Waals surface area (Å²) in [7, 11) is 2.50. The van der Waals surface area contributed by atoms with Gasteiger partial charge in [-0.25, -0.2) is 0 Å². The predicted molar refractivity (Wildman–Crippen MR) is 105 cm³/mol. The van der Waals surface area contributed by atoms with E-state index in [0.717, 1.165) is 0 Å². The summed E-state index contributed by atoms with van der Waals surface area (Å²) < 4.78 is 39.8. The Kier molecular flexibility index (Phi) is 7.65. The first-order valence-corrected chi connectivity index (χ1v) is 8.63. The summed E-state index contributed by atoms with van der Waals surface area (Å²) in [5.41, 5.74) is 0.273. The van der Waals surface area contributed by atoms with Crippen LogP contribution in [0.3, 0.4) is 0 Å². The van der Waals surface area contributed by atoms with Gasteiger partial charge in [0.1, 0.15) is 11.6 Å². The number of benzene rings is 2. The van der Waals surface area contributed by atoms with Gasteiger partial charge in [-0.15, -0.1) is 0 Å². The Bertz CT molecular complexity index is 966. The molecule has 1 amide bonds. The van der Waals surface area contributed by atoms with Crippen LogP contribution in [0.25, 0.3) is 6.08 Å². The minimum atomic E-state index is -3.09. The Morgan fingerprint density at radius 2 is 1.79 bits per heavy atom. The highest BCUT2D eigenvalue weighted by Crippen LogP contribution is 2.40. The van der Waals surface area contributed by atoms with Crippen LogP contribution in [-0.2, 0) is 4.79 Å². The molecule has 0 atom stereocenters. The quantitative estimate of drug-likeness (QED) is 0.473. The van der Waals surface area contributed by atoms with Gasteiger partial charge in [0.05, 0.1) is 24.9 Å². The van der Waals surface area contributed by atoms with Crippen LogP contribution < -0.4 is 19.5 Å². The third kappa shape index (κ3) is 5.73. The normalized spacial score (nSPS) is 11.0. The first kappa shape index (κ1) is 22.3. The van der Waals surface area contributed by atoms with Gasteiger partial charge in [0.2, 0.25) is 5.75 Å². The number of nitrogens with one attached hydrogen (secondary N) is 1. The van der Waals surface area contributed by atoms with Crippen molar-refractivity contribution in [2.45, 2.75) is 6.61 Å². The molecule has 2 aromatic carbocycles. The van der Waals surface area contributed by atoms with E-state index in [2.05, 4.69) is 10.1 Å². The molecule has 1 N–H and O–H groups in total. The fourth-order valence-corrected chi connectivity index (χ4v) is 2.74. The number of amides is 1. The fraction of sp³-hybridized carbons (Fsp3) is 0.158.